The van der Waals surface area contributed by atoms with Crippen molar-refractivity contribution in [3.63, 3.8) is 0 Å². The Kier molecular flexibility index (Phi) is 2.20. The van der Waals surface area contributed by atoms with Gasteiger partial charge in [0.05, 0.1) is 0 Å². The number of fused-ring (bicyclic) bond motifs is 3. The van der Waals surface area contributed by atoms with Crippen molar-refractivity contribution in [1.29, 1.82) is 0 Å². The van der Waals surface area contributed by atoms with Crippen molar-refractivity contribution in [3.05, 3.63) is 0 Å². The molecule has 2 bridgehead atoms. The maximum atomic E-state index is 2.46. The highest BCUT2D eigenvalue weighted by molar-refractivity contribution is 4.78. The van der Waals surface area contributed by atoms with Crippen molar-refractivity contribution in [3.8, 4) is 0 Å². The van der Waals surface area contributed by atoms with Crippen LogP contribution >= 0.6 is 0 Å². The lowest BCUT2D eigenvalue weighted by atomic mass is 9.86. The smallest absolute Gasteiger partial charge is 0.0412 e. The average molecular weight is 152 g/mol. The third-order valence-electron chi connectivity index (χ3n) is 3.68. The monoisotopic (exact) mass is 152 g/mol. The van der Waals surface area contributed by atoms with Gasteiger partial charge in [-0.2, -0.15) is 0 Å². The summed E-state index contributed by atoms with van der Waals surface area (Å²) in [7, 11) is 0. The topological polar surface area (TPSA) is 0 Å². The number of hydrogen-bond acceptors (Lipinski definition) is 0. The summed E-state index contributed by atoms with van der Waals surface area (Å²) in [6.07, 6.45) is 10.8. The Hall–Kier alpha value is 0. The first-order valence-corrected chi connectivity index (χ1v) is 5.34. The molecule has 0 N–H and O–H groups in total. The van der Waals surface area contributed by atoms with Gasteiger partial charge in [-0.25, -0.2) is 0 Å². The fourth-order valence-corrected chi connectivity index (χ4v) is 3.16. The average Bonchev–Trinajstić information content (AvgIpc) is 2.19. The Balaban J connectivity index is 2.04. The largest absolute Gasteiger partial charge is 0.0625 e. The Morgan fingerprint density at radius 3 is 1.91 bits per heavy atom. The minimum atomic E-state index is 1.03. The van der Waals surface area contributed by atoms with E-state index in [1.54, 1.807) is 25.7 Å². The zero-order valence-corrected chi connectivity index (χ0v) is 7.68. The second-order valence-corrected chi connectivity index (χ2v) is 4.82. The highest BCUT2D eigenvalue weighted by atomic mass is 14.3. The molecule has 2 saturated carbocycles. The van der Waals surface area contributed by atoms with Gasteiger partial charge >= 0.3 is 0 Å². The van der Waals surface area contributed by atoms with Gasteiger partial charge in [-0.05, 0) is 30.6 Å². The molecule has 0 radical (unpaired) electrons. The molecular formula is C11H20. The molecule has 2 rings (SSSR count). The summed E-state index contributed by atoms with van der Waals surface area (Å²) < 4.78 is 0. The normalized spacial score (nSPS) is 45.0. The molecule has 0 amide bonds. The minimum Gasteiger partial charge on any atom is -0.0625 e. The summed E-state index contributed by atoms with van der Waals surface area (Å²) in [4.78, 5) is 0. The first kappa shape index (κ1) is 7.64. The van der Waals surface area contributed by atoms with Crippen LogP contribution in [0.3, 0.4) is 0 Å². The van der Waals surface area contributed by atoms with Crippen LogP contribution in [0.25, 0.3) is 0 Å². The van der Waals surface area contributed by atoms with Gasteiger partial charge < -0.3 is 0 Å². The lowest BCUT2D eigenvalue weighted by molar-refractivity contribution is 0.317. The first-order valence-electron chi connectivity index (χ1n) is 5.34. The van der Waals surface area contributed by atoms with E-state index in [-0.39, 0.29) is 0 Å². The molecule has 0 heterocycles. The second-order valence-electron chi connectivity index (χ2n) is 4.82. The van der Waals surface area contributed by atoms with Crippen molar-refractivity contribution < 1.29 is 0 Å². The molecule has 2 unspecified atom stereocenters. The lowest BCUT2D eigenvalue weighted by Crippen LogP contribution is -2.08. The van der Waals surface area contributed by atoms with E-state index in [0.717, 1.165) is 17.8 Å². The van der Waals surface area contributed by atoms with Gasteiger partial charge in [0.25, 0.3) is 0 Å². The molecule has 11 heavy (non-hydrogen) atoms. The van der Waals surface area contributed by atoms with Crippen LogP contribution in [0.15, 0.2) is 0 Å². The van der Waals surface area contributed by atoms with Gasteiger partial charge in [0.2, 0.25) is 0 Å². The summed E-state index contributed by atoms with van der Waals surface area (Å²) in [5.41, 5.74) is 0. The molecule has 0 nitrogen and oxygen atoms in total. The van der Waals surface area contributed by atoms with Gasteiger partial charge in [-0.1, -0.05) is 39.0 Å². The molecule has 0 heteroatoms. The molecule has 0 aromatic heterocycles. The molecule has 0 saturated heterocycles. The van der Waals surface area contributed by atoms with E-state index in [9.17, 15) is 0 Å². The maximum absolute atomic E-state index is 2.46. The Labute approximate surface area is 70.4 Å². The van der Waals surface area contributed by atoms with E-state index in [2.05, 4.69) is 6.92 Å². The lowest BCUT2D eigenvalue weighted by Gasteiger charge is -2.20. The van der Waals surface area contributed by atoms with Crippen LogP contribution in [0.2, 0.25) is 0 Å². The minimum absolute atomic E-state index is 1.03. The highest BCUT2D eigenvalue weighted by Crippen LogP contribution is 2.39. The SMILES string of the molecule is CC1CC2CCCC(CC2)C1. The molecule has 2 fully saturated rings. The Bertz CT molecular complexity index is 114. The van der Waals surface area contributed by atoms with Crippen LogP contribution < -0.4 is 0 Å². The van der Waals surface area contributed by atoms with E-state index in [1.165, 1.54) is 19.3 Å². The maximum Gasteiger partial charge on any atom is -0.0412 e. The molecule has 0 spiro atoms. The van der Waals surface area contributed by atoms with Crippen LogP contribution in [0.1, 0.15) is 51.9 Å². The molecule has 2 atom stereocenters. The van der Waals surface area contributed by atoms with Crippen molar-refractivity contribution in [1.82, 2.24) is 0 Å². The van der Waals surface area contributed by atoms with Crippen LogP contribution in [0, 0.1) is 17.8 Å². The summed E-state index contributed by atoms with van der Waals surface area (Å²) >= 11 is 0. The molecule has 0 aromatic rings. The van der Waals surface area contributed by atoms with Crippen molar-refractivity contribution in [2.45, 2.75) is 51.9 Å². The number of rotatable bonds is 0. The quantitative estimate of drug-likeness (QED) is 0.497. The highest BCUT2D eigenvalue weighted by Gasteiger charge is 2.26. The molecular weight excluding hydrogens is 132 g/mol. The van der Waals surface area contributed by atoms with E-state index in [4.69, 9.17) is 0 Å². The molecule has 2 aliphatic rings. The van der Waals surface area contributed by atoms with Gasteiger partial charge in [-0.15, -0.1) is 0 Å². The summed E-state index contributed by atoms with van der Waals surface area (Å²) in [6.45, 7) is 2.46. The van der Waals surface area contributed by atoms with Gasteiger partial charge in [0.15, 0.2) is 0 Å². The molecule has 0 aromatic carbocycles. The Morgan fingerprint density at radius 2 is 1.36 bits per heavy atom. The fourth-order valence-electron chi connectivity index (χ4n) is 3.16. The van der Waals surface area contributed by atoms with Gasteiger partial charge in [-0.3, -0.25) is 0 Å². The summed E-state index contributed by atoms with van der Waals surface area (Å²) in [5.74, 6) is 3.25. The first-order chi connectivity index (χ1) is 5.34. The molecule has 2 aliphatic carbocycles. The number of hydrogen-bond donors (Lipinski definition) is 0. The van der Waals surface area contributed by atoms with Crippen LogP contribution in [-0.2, 0) is 0 Å². The second kappa shape index (κ2) is 3.16. The summed E-state index contributed by atoms with van der Waals surface area (Å²) in [6, 6.07) is 0. The fraction of sp³-hybridized carbons (Fsp3) is 1.00. The van der Waals surface area contributed by atoms with Crippen molar-refractivity contribution in [2.24, 2.45) is 17.8 Å². The van der Waals surface area contributed by atoms with E-state index in [1.807, 2.05) is 0 Å². The zero-order valence-electron chi connectivity index (χ0n) is 7.68. The molecule has 64 valence electrons. The van der Waals surface area contributed by atoms with Crippen LogP contribution in [0.5, 0.6) is 0 Å². The predicted octanol–water partition coefficient (Wildman–Crippen LogP) is 3.61. The van der Waals surface area contributed by atoms with Gasteiger partial charge in [0, 0.05) is 0 Å². The van der Waals surface area contributed by atoms with E-state index in [0.29, 0.717) is 0 Å². The third-order valence-corrected chi connectivity index (χ3v) is 3.68. The summed E-state index contributed by atoms with van der Waals surface area (Å²) in [5, 5.41) is 0. The van der Waals surface area contributed by atoms with Crippen LogP contribution in [-0.4, -0.2) is 0 Å². The Morgan fingerprint density at radius 1 is 0.818 bits per heavy atom. The van der Waals surface area contributed by atoms with E-state index >= 15 is 0 Å². The molecule has 0 aliphatic heterocycles. The third kappa shape index (κ3) is 1.77. The van der Waals surface area contributed by atoms with E-state index < -0.39 is 0 Å². The zero-order chi connectivity index (χ0) is 7.68. The standard InChI is InChI=1S/C11H20/c1-9-7-10-3-2-4-11(8-9)6-5-10/h9-11H,2-8H2,1H3. The predicted molar refractivity (Wildman–Crippen MR) is 48.5 cm³/mol. The van der Waals surface area contributed by atoms with Crippen molar-refractivity contribution in [2.75, 3.05) is 0 Å². The van der Waals surface area contributed by atoms with Gasteiger partial charge in [0.1, 0.15) is 0 Å². The van der Waals surface area contributed by atoms with Crippen molar-refractivity contribution >= 4 is 0 Å². The van der Waals surface area contributed by atoms with Crippen LogP contribution in [0.4, 0.5) is 0 Å².